The van der Waals surface area contributed by atoms with Gasteiger partial charge in [-0.05, 0) is 12.1 Å². The number of H-pyrrole nitrogens is 1. The molecule has 0 aliphatic rings. The molecule has 0 bridgehead atoms. The van der Waals surface area contributed by atoms with Gasteiger partial charge in [0.1, 0.15) is 5.82 Å². The average Bonchev–Trinajstić information content (AvgIpc) is 2.56. The van der Waals surface area contributed by atoms with Crippen LogP contribution in [0.15, 0.2) is 36.5 Å². The highest BCUT2D eigenvalue weighted by atomic mass is 35.5. The van der Waals surface area contributed by atoms with E-state index in [2.05, 4.69) is 16.0 Å². The van der Waals surface area contributed by atoms with Crippen molar-refractivity contribution in [2.45, 2.75) is 0 Å². The number of hydrogen-bond donors (Lipinski definition) is 2. The molecular weight excluding hydrogens is 245 g/mol. The summed E-state index contributed by atoms with van der Waals surface area (Å²) in [4.78, 5) is 7.34. The lowest BCUT2D eigenvalue weighted by Crippen LogP contribution is -1.87. The van der Waals surface area contributed by atoms with E-state index in [0.29, 0.717) is 5.82 Å². The maximum Gasteiger partial charge on any atom is 0.124 e. The summed E-state index contributed by atoms with van der Waals surface area (Å²) in [6.07, 6.45) is 1.77. The minimum Gasteiger partial charge on any atom is -0.384 e. The number of benzene rings is 1. The third-order valence-corrected chi connectivity index (χ3v) is 2.41. The van der Waals surface area contributed by atoms with Crippen LogP contribution >= 0.6 is 24.8 Å². The van der Waals surface area contributed by atoms with Gasteiger partial charge in [-0.1, -0.05) is 18.2 Å². The molecule has 1 aromatic carbocycles. The van der Waals surface area contributed by atoms with Crippen molar-refractivity contribution in [3.05, 3.63) is 36.5 Å². The first-order valence-corrected chi connectivity index (χ1v) is 4.46. The van der Waals surface area contributed by atoms with Crippen molar-refractivity contribution in [3.8, 4) is 0 Å². The van der Waals surface area contributed by atoms with E-state index in [1.807, 2.05) is 24.3 Å². The van der Waals surface area contributed by atoms with Crippen LogP contribution < -0.4 is 5.73 Å². The summed E-state index contributed by atoms with van der Waals surface area (Å²) in [7, 11) is 0. The van der Waals surface area contributed by atoms with E-state index in [9.17, 15) is 0 Å². The second kappa shape index (κ2) is 4.60. The molecular formula is C11H11Cl2N3. The highest BCUT2D eigenvalue weighted by Crippen LogP contribution is 2.25. The third kappa shape index (κ3) is 1.79. The van der Waals surface area contributed by atoms with E-state index < -0.39 is 0 Å². The fourth-order valence-corrected chi connectivity index (χ4v) is 1.77. The molecule has 84 valence electrons. The van der Waals surface area contributed by atoms with Gasteiger partial charge in [-0.15, -0.1) is 24.8 Å². The maximum atomic E-state index is 5.65. The second-order valence-electron chi connectivity index (χ2n) is 3.33. The molecule has 3 N–H and O–H groups in total. The van der Waals surface area contributed by atoms with Crippen LogP contribution in [0.3, 0.4) is 0 Å². The average molecular weight is 256 g/mol. The predicted octanol–water partition coefficient (Wildman–Crippen LogP) is 3.14. The Labute approximate surface area is 105 Å². The molecule has 0 aliphatic heterocycles. The highest BCUT2D eigenvalue weighted by molar-refractivity contribution is 6.07. The third-order valence-electron chi connectivity index (χ3n) is 2.41. The minimum absolute atomic E-state index is 0. The first kappa shape index (κ1) is 12.6. The van der Waals surface area contributed by atoms with Gasteiger partial charge in [-0.2, -0.15) is 0 Å². The number of anilines is 1. The fourth-order valence-electron chi connectivity index (χ4n) is 1.77. The normalized spacial score (nSPS) is 9.75. The largest absolute Gasteiger partial charge is 0.384 e. The Morgan fingerprint density at radius 3 is 2.56 bits per heavy atom. The van der Waals surface area contributed by atoms with Crippen LogP contribution in [0.4, 0.5) is 5.82 Å². The van der Waals surface area contributed by atoms with Crippen molar-refractivity contribution in [2.75, 3.05) is 5.73 Å². The summed E-state index contributed by atoms with van der Waals surface area (Å²) in [5, 5.41) is 2.32. The summed E-state index contributed by atoms with van der Waals surface area (Å²) in [5.74, 6) is 0.558. The molecule has 3 rings (SSSR count). The number of hydrogen-bond acceptors (Lipinski definition) is 2. The summed E-state index contributed by atoms with van der Waals surface area (Å²) in [6.45, 7) is 0. The van der Waals surface area contributed by atoms with E-state index in [1.54, 1.807) is 6.20 Å². The van der Waals surface area contributed by atoms with Gasteiger partial charge in [0, 0.05) is 16.3 Å². The minimum atomic E-state index is 0. The molecule has 0 unspecified atom stereocenters. The molecule has 0 radical (unpaired) electrons. The monoisotopic (exact) mass is 255 g/mol. The quantitative estimate of drug-likeness (QED) is 0.649. The first-order chi connectivity index (χ1) is 6.84. The summed E-state index contributed by atoms with van der Waals surface area (Å²) >= 11 is 0. The molecule has 0 amide bonds. The number of halogens is 2. The molecule has 3 nitrogen and oxygen atoms in total. The SMILES string of the molecule is Cl.Cl.Nc1cc2c(cn1)[nH]c1ccccc12. The standard InChI is InChI=1S/C11H9N3.2ClH/c12-11-5-8-7-3-1-2-4-9(7)14-10(8)6-13-11;;/h1-6,14H,(H2,12,13);2*1H. The Bertz CT molecular complexity index is 619. The van der Waals surface area contributed by atoms with Crippen LogP contribution in [0.25, 0.3) is 21.8 Å². The molecule has 16 heavy (non-hydrogen) atoms. The van der Waals surface area contributed by atoms with Crippen molar-refractivity contribution < 1.29 is 0 Å². The fraction of sp³-hybridized carbons (Fsp3) is 0. The molecule has 0 saturated heterocycles. The zero-order valence-electron chi connectivity index (χ0n) is 8.31. The molecule has 2 heterocycles. The lowest BCUT2D eigenvalue weighted by Gasteiger charge is -1.92. The van der Waals surface area contributed by atoms with Gasteiger partial charge in [0.25, 0.3) is 0 Å². The predicted molar refractivity (Wildman–Crippen MR) is 72.5 cm³/mol. The van der Waals surface area contributed by atoms with E-state index in [4.69, 9.17) is 5.73 Å². The number of nitrogens with zero attached hydrogens (tertiary/aromatic N) is 1. The lowest BCUT2D eigenvalue weighted by molar-refractivity contribution is 1.35. The molecule has 0 saturated carbocycles. The van der Waals surface area contributed by atoms with E-state index in [1.165, 1.54) is 5.39 Å². The Morgan fingerprint density at radius 2 is 1.75 bits per heavy atom. The highest BCUT2D eigenvalue weighted by Gasteiger charge is 2.03. The number of nitrogens with two attached hydrogens (primary N) is 1. The van der Waals surface area contributed by atoms with Crippen LogP contribution in [0.1, 0.15) is 0 Å². The molecule has 0 fully saturated rings. The van der Waals surface area contributed by atoms with Crippen LogP contribution in [0, 0.1) is 0 Å². The first-order valence-electron chi connectivity index (χ1n) is 4.46. The summed E-state index contributed by atoms with van der Waals surface area (Å²) in [6, 6.07) is 10.0. The summed E-state index contributed by atoms with van der Waals surface area (Å²) in [5.41, 5.74) is 7.80. The number of pyridine rings is 1. The number of para-hydroxylation sites is 1. The van der Waals surface area contributed by atoms with Gasteiger partial charge in [0.15, 0.2) is 0 Å². The van der Waals surface area contributed by atoms with Crippen LogP contribution in [0.2, 0.25) is 0 Å². The van der Waals surface area contributed by atoms with Crippen molar-refractivity contribution in [1.29, 1.82) is 0 Å². The summed E-state index contributed by atoms with van der Waals surface area (Å²) < 4.78 is 0. The number of rotatable bonds is 0. The number of aromatic amines is 1. The van der Waals surface area contributed by atoms with Gasteiger partial charge >= 0.3 is 0 Å². The molecule has 0 atom stereocenters. The Balaban J connectivity index is 0.000000640. The second-order valence-corrected chi connectivity index (χ2v) is 3.33. The molecule has 2 aromatic heterocycles. The maximum absolute atomic E-state index is 5.65. The number of fused-ring (bicyclic) bond motifs is 3. The molecule has 5 heteroatoms. The van der Waals surface area contributed by atoms with Crippen LogP contribution in [-0.2, 0) is 0 Å². The van der Waals surface area contributed by atoms with E-state index in [0.717, 1.165) is 16.4 Å². The number of nitrogen functional groups attached to an aromatic ring is 1. The van der Waals surface area contributed by atoms with Crippen molar-refractivity contribution in [3.63, 3.8) is 0 Å². The molecule has 3 aromatic rings. The van der Waals surface area contributed by atoms with Crippen molar-refractivity contribution in [2.24, 2.45) is 0 Å². The van der Waals surface area contributed by atoms with Gasteiger partial charge in [0.2, 0.25) is 0 Å². The van der Waals surface area contributed by atoms with Gasteiger partial charge < -0.3 is 10.7 Å². The molecule has 0 aliphatic carbocycles. The Kier molecular flexibility index (Phi) is 3.62. The zero-order valence-corrected chi connectivity index (χ0v) is 9.94. The van der Waals surface area contributed by atoms with Crippen molar-refractivity contribution in [1.82, 2.24) is 9.97 Å². The smallest absolute Gasteiger partial charge is 0.124 e. The van der Waals surface area contributed by atoms with E-state index in [-0.39, 0.29) is 24.8 Å². The van der Waals surface area contributed by atoms with Crippen LogP contribution in [0.5, 0.6) is 0 Å². The van der Waals surface area contributed by atoms with Crippen LogP contribution in [-0.4, -0.2) is 9.97 Å². The van der Waals surface area contributed by atoms with Crippen molar-refractivity contribution >= 4 is 52.4 Å². The Morgan fingerprint density at radius 1 is 1.00 bits per heavy atom. The number of aromatic nitrogens is 2. The van der Waals surface area contributed by atoms with Gasteiger partial charge in [0.05, 0.1) is 11.7 Å². The Hall–Kier alpha value is -1.45. The topological polar surface area (TPSA) is 54.7 Å². The zero-order chi connectivity index (χ0) is 9.54. The number of nitrogens with one attached hydrogen (secondary N) is 1. The lowest BCUT2D eigenvalue weighted by atomic mass is 10.2. The van der Waals surface area contributed by atoms with E-state index >= 15 is 0 Å². The molecule has 0 spiro atoms. The van der Waals surface area contributed by atoms with Gasteiger partial charge in [-0.3, -0.25) is 0 Å². The van der Waals surface area contributed by atoms with Gasteiger partial charge in [-0.25, -0.2) is 4.98 Å².